The van der Waals surface area contributed by atoms with E-state index in [2.05, 4.69) is 25.6 Å². The molecule has 34 heavy (non-hydrogen) atoms. The van der Waals surface area contributed by atoms with Gasteiger partial charge in [0.2, 0.25) is 5.95 Å². The molecule has 0 aliphatic rings. The van der Waals surface area contributed by atoms with E-state index in [1.807, 2.05) is 24.4 Å². The van der Waals surface area contributed by atoms with Crippen LogP contribution in [0.25, 0.3) is 22.3 Å². The maximum atomic E-state index is 12.3. The number of ether oxygens (including phenoxy) is 1. The number of methoxy groups -OCH3 is 1. The molecule has 178 valence electrons. The van der Waals surface area contributed by atoms with E-state index in [4.69, 9.17) is 4.74 Å². The molecule has 0 atom stereocenters. The van der Waals surface area contributed by atoms with Crippen LogP contribution in [0.15, 0.2) is 42.6 Å². The zero-order valence-corrected chi connectivity index (χ0v) is 18.4. The fourth-order valence-electron chi connectivity index (χ4n) is 3.36. The molecular formula is C22H22F3N7O2. The molecule has 0 saturated carbocycles. The number of hydrogen-bond donors (Lipinski definition) is 3. The van der Waals surface area contributed by atoms with Crippen molar-refractivity contribution in [1.82, 2.24) is 30.3 Å². The Morgan fingerprint density at radius 1 is 1.18 bits per heavy atom. The van der Waals surface area contributed by atoms with Crippen molar-refractivity contribution in [2.45, 2.75) is 19.6 Å². The number of alkyl halides is 3. The zero-order chi connectivity index (χ0) is 24.3. The van der Waals surface area contributed by atoms with E-state index in [1.54, 1.807) is 30.1 Å². The topological polar surface area (TPSA) is 110 Å². The van der Waals surface area contributed by atoms with Gasteiger partial charge in [0.25, 0.3) is 5.91 Å². The largest absolute Gasteiger partial charge is 0.405 e. The van der Waals surface area contributed by atoms with E-state index in [1.165, 1.54) is 12.1 Å². The minimum Gasteiger partial charge on any atom is -0.383 e. The average molecular weight is 473 g/mol. The van der Waals surface area contributed by atoms with Gasteiger partial charge in [-0.1, -0.05) is 12.1 Å². The van der Waals surface area contributed by atoms with Crippen molar-refractivity contribution in [2.75, 3.05) is 25.6 Å². The molecule has 0 saturated heterocycles. The Bertz CT molecular complexity index is 1300. The number of H-pyrrole nitrogens is 1. The summed E-state index contributed by atoms with van der Waals surface area (Å²) in [6.45, 7) is 1.43. The van der Waals surface area contributed by atoms with Crippen LogP contribution in [-0.2, 0) is 11.3 Å². The molecule has 0 unspecified atom stereocenters. The fraction of sp³-hybridized carbons (Fsp3) is 0.273. The standard InChI is InChI=1S/C22H22F3N7O2/c1-13-16-11-27-30-18(16)8-7-17(13)28-21-29-19(31-32(21)9-10-34-2)14-3-5-15(6-4-14)20(33)26-12-22(23,24)25/h3-8,11H,9-10,12H2,1-2H3,(H,26,33)(H,27,30)(H,28,29,31). The highest BCUT2D eigenvalue weighted by Gasteiger charge is 2.28. The second-order valence-corrected chi connectivity index (χ2v) is 7.54. The molecule has 0 aliphatic carbocycles. The average Bonchev–Trinajstić information content (AvgIpc) is 3.45. The number of anilines is 2. The van der Waals surface area contributed by atoms with Crippen molar-refractivity contribution in [2.24, 2.45) is 0 Å². The van der Waals surface area contributed by atoms with Gasteiger partial charge >= 0.3 is 6.18 Å². The third kappa shape index (κ3) is 5.17. The maximum absolute atomic E-state index is 12.3. The molecule has 2 heterocycles. The van der Waals surface area contributed by atoms with Crippen LogP contribution in [0, 0.1) is 6.92 Å². The molecule has 2 aromatic carbocycles. The van der Waals surface area contributed by atoms with E-state index in [-0.39, 0.29) is 5.56 Å². The first kappa shape index (κ1) is 23.2. The molecule has 1 amide bonds. The molecule has 4 rings (SSSR count). The molecule has 4 aromatic rings. The van der Waals surface area contributed by atoms with Crippen LogP contribution in [0.1, 0.15) is 15.9 Å². The normalized spacial score (nSPS) is 11.7. The van der Waals surface area contributed by atoms with Gasteiger partial charge in [-0.3, -0.25) is 9.89 Å². The van der Waals surface area contributed by atoms with Gasteiger partial charge in [-0.05, 0) is 36.8 Å². The predicted octanol–water partition coefficient (Wildman–Crippen LogP) is 3.81. The van der Waals surface area contributed by atoms with Gasteiger partial charge in [-0.2, -0.15) is 23.3 Å². The lowest BCUT2D eigenvalue weighted by atomic mass is 10.1. The summed E-state index contributed by atoms with van der Waals surface area (Å²) in [6.07, 6.45) is -2.72. The van der Waals surface area contributed by atoms with Crippen molar-refractivity contribution in [3.05, 3.63) is 53.7 Å². The Morgan fingerprint density at radius 2 is 1.94 bits per heavy atom. The summed E-state index contributed by atoms with van der Waals surface area (Å²) >= 11 is 0. The maximum Gasteiger partial charge on any atom is 0.405 e. The first-order valence-electron chi connectivity index (χ1n) is 10.3. The molecule has 0 aliphatic heterocycles. The first-order valence-corrected chi connectivity index (χ1v) is 10.3. The Morgan fingerprint density at radius 3 is 2.65 bits per heavy atom. The van der Waals surface area contributed by atoms with Gasteiger partial charge in [-0.25, -0.2) is 4.68 Å². The van der Waals surface area contributed by atoms with Crippen molar-refractivity contribution in [1.29, 1.82) is 0 Å². The quantitative estimate of drug-likeness (QED) is 0.359. The Balaban J connectivity index is 1.58. The van der Waals surface area contributed by atoms with E-state index < -0.39 is 18.6 Å². The molecular weight excluding hydrogens is 451 g/mol. The van der Waals surface area contributed by atoms with Crippen molar-refractivity contribution >= 4 is 28.4 Å². The number of aryl methyl sites for hydroxylation is 1. The Hall–Kier alpha value is -3.93. The molecule has 0 spiro atoms. The number of rotatable bonds is 8. The molecule has 0 bridgehead atoms. The van der Waals surface area contributed by atoms with Gasteiger partial charge in [0, 0.05) is 29.3 Å². The highest BCUT2D eigenvalue weighted by molar-refractivity contribution is 5.94. The first-order chi connectivity index (χ1) is 16.2. The minimum atomic E-state index is -4.47. The second kappa shape index (κ2) is 9.51. The summed E-state index contributed by atoms with van der Waals surface area (Å²) in [5, 5.41) is 17.7. The molecule has 0 fully saturated rings. The van der Waals surface area contributed by atoms with Gasteiger partial charge in [0.15, 0.2) is 5.82 Å². The molecule has 2 aromatic heterocycles. The van der Waals surface area contributed by atoms with Crippen LogP contribution in [0.5, 0.6) is 0 Å². The van der Waals surface area contributed by atoms with Gasteiger partial charge < -0.3 is 15.4 Å². The van der Waals surface area contributed by atoms with Crippen molar-refractivity contribution in [3.8, 4) is 11.4 Å². The summed E-state index contributed by atoms with van der Waals surface area (Å²) < 4.78 is 43.8. The fourth-order valence-corrected chi connectivity index (χ4v) is 3.36. The number of aromatic nitrogens is 5. The predicted molar refractivity (Wildman–Crippen MR) is 120 cm³/mol. The molecule has 9 nitrogen and oxygen atoms in total. The summed E-state index contributed by atoms with van der Waals surface area (Å²) in [6, 6.07) is 9.87. The van der Waals surface area contributed by atoms with E-state index in [0.29, 0.717) is 30.5 Å². The number of amides is 1. The van der Waals surface area contributed by atoms with Crippen LogP contribution < -0.4 is 10.6 Å². The summed E-state index contributed by atoms with van der Waals surface area (Å²) in [7, 11) is 1.59. The van der Waals surface area contributed by atoms with Crippen LogP contribution in [0.4, 0.5) is 24.8 Å². The number of nitrogens with one attached hydrogen (secondary N) is 3. The number of halogens is 3. The monoisotopic (exact) mass is 473 g/mol. The molecule has 3 N–H and O–H groups in total. The highest BCUT2D eigenvalue weighted by atomic mass is 19.4. The lowest BCUT2D eigenvalue weighted by Gasteiger charge is -2.10. The lowest BCUT2D eigenvalue weighted by Crippen LogP contribution is -2.33. The van der Waals surface area contributed by atoms with E-state index in [9.17, 15) is 18.0 Å². The third-order valence-corrected chi connectivity index (χ3v) is 5.17. The SMILES string of the molecule is COCCn1nc(-c2ccc(C(=O)NCC(F)(F)F)cc2)nc1Nc1ccc2[nH]ncc2c1C. The van der Waals surface area contributed by atoms with E-state index in [0.717, 1.165) is 22.2 Å². The minimum absolute atomic E-state index is 0.106. The smallest absolute Gasteiger partial charge is 0.383 e. The van der Waals surface area contributed by atoms with Crippen LogP contribution in [0.2, 0.25) is 0 Å². The van der Waals surface area contributed by atoms with Crippen LogP contribution >= 0.6 is 0 Å². The Labute approximate surface area is 192 Å². The highest BCUT2D eigenvalue weighted by Crippen LogP contribution is 2.27. The number of carbonyl (C=O) groups excluding carboxylic acids is 1. The Kier molecular flexibility index (Phi) is 6.50. The number of hydrogen-bond acceptors (Lipinski definition) is 6. The van der Waals surface area contributed by atoms with Gasteiger partial charge in [0.1, 0.15) is 6.54 Å². The number of fused-ring (bicyclic) bond motifs is 1. The second-order valence-electron chi connectivity index (χ2n) is 7.54. The third-order valence-electron chi connectivity index (χ3n) is 5.17. The van der Waals surface area contributed by atoms with Crippen LogP contribution in [0.3, 0.4) is 0 Å². The van der Waals surface area contributed by atoms with Crippen molar-refractivity contribution in [3.63, 3.8) is 0 Å². The summed E-state index contributed by atoms with van der Waals surface area (Å²) in [5.41, 5.74) is 3.46. The van der Waals surface area contributed by atoms with E-state index >= 15 is 0 Å². The summed E-state index contributed by atoms with van der Waals surface area (Å²) in [4.78, 5) is 16.5. The number of benzene rings is 2. The number of carbonyl (C=O) groups is 1. The van der Waals surface area contributed by atoms with Crippen LogP contribution in [-0.4, -0.2) is 57.3 Å². The zero-order valence-electron chi connectivity index (χ0n) is 18.4. The number of nitrogens with zero attached hydrogens (tertiary/aromatic N) is 4. The summed E-state index contributed by atoms with van der Waals surface area (Å²) in [5.74, 6) is 0.0721. The van der Waals surface area contributed by atoms with Gasteiger partial charge in [-0.15, -0.1) is 5.10 Å². The number of aromatic amines is 1. The van der Waals surface area contributed by atoms with Gasteiger partial charge in [0.05, 0.1) is 24.9 Å². The molecule has 0 radical (unpaired) electrons. The lowest BCUT2D eigenvalue weighted by molar-refractivity contribution is -0.123. The molecule has 12 heteroatoms. The van der Waals surface area contributed by atoms with Crippen molar-refractivity contribution < 1.29 is 22.7 Å².